The molecule has 0 amide bonds. The van der Waals surface area contributed by atoms with Crippen LogP contribution in [0.4, 0.5) is 0 Å². The number of fused-ring (bicyclic) bond motifs is 12. The highest BCUT2D eigenvalue weighted by molar-refractivity contribution is 6.15. The highest BCUT2D eigenvalue weighted by Gasteiger charge is 2.30. The van der Waals surface area contributed by atoms with Gasteiger partial charge in [-0.1, -0.05) is 174 Å². The van der Waals surface area contributed by atoms with Gasteiger partial charge in [0.25, 0.3) is 0 Å². The molecule has 442 valence electrons. The smallest absolute Gasteiger partial charge is 0.100 e. The molecule has 0 spiro atoms. The van der Waals surface area contributed by atoms with E-state index in [0.717, 1.165) is 123 Å². The molecular formula is C88H60N6. The Kier molecular flexibility index (Phi) is 12.4. The van der Waals surface area contributed by atoms with Gasteiger partial charge in [0.2, 0.25) is 0 Å². The highest BCUT2D eigenvalue weighted by atomic mass is 15.0. The van der Waals surface area contributed by atoms with Crippen LogP contribution >= 0.6 is 0 Å². The Balaban J connectivity index is 0.932. The van der Waals surface area contributed by atoms with Crippen LogP contribution in [0.25, 0.3) is 166 Å². The Morgan fingerprint density at radius 3 is 0.819 bits per heavy atom. The summed E-state index contributed by atoms with van der Waals surface area (Å²) in [5.74, 6) is 0. The van der Waals surface area contributed by atoms with Crippen LogP contribution < -0.4 is 0 Å². The van der Waals surface area contributed by atoms with E-state index >= 15 is 0 Å². The van der Waals surface area contributed by atoms with Gasteiger partial charge in [-0.2, -0.15) is 5.26 Å². The summed E-state index contributed by atoms with van der Waals surface area (Å²) in [5.41, 5.74) is 27.6. The first-order valence-electron chi connectivity index (χ1n) is 32.2. The van der Waals surface area contributed by atoms with Crippen LogP contribution in [-0.2, 0) is 0 Å². The molecule has 0 radical (unpaired) electrons. The van der Waals surface area contributed by atoms with Crippen molar-refractivity contribution in [1.82, 2.24) is 23.3 Å². The number of para-hydroxylation sites is 4. The number of aromatic nitrogens is 5. The van der Waals surface area contributed by atoms with Crippen molar-refractivity contribution in [1.29, 1.82) is 5.26 Å². The first-order chi connectivity index (χ1) is 46.2. The summed E-state index contributed by atoms with van der Waals surface area (Å²) in [6, 6.07) is 107. The molecule has 5 aromatic heterocycles. The van der Waals surface area contributed by atoms with Gasteiger partial charge in [-0.15, -0.1) is 0 Å². The average Bonchev–Trinajstić information content (AvgIpc) is 1.11. The monoisotopic (exact) mass is 1200 g/mol. The first-order valence-corrected chi connectivity index (χ1v) is 32.2. The lowest BCUT2D eigenvalue weighted by Crippen LogP contribution is -2.04. The number of nitrogens with zero attached hydrogens (tertiary/aromatic N) is 6. The van der Waals surface area contributed by atoms with Gasteiger partial charge >= 0.3 is 0 Å². The zero-order chi connectivity index (χ0) is 62.9. The number of hydrogen-bond acceptors (Lipinski definition) is 2. The minimum absolute atomic E-state index is 0.554. The highest BCUT2D eigenvalue weighted by Crippen LogP contribution is 2.53. The lowest BCUT2D eigenvalue weighted by atomic mass is 9.76. The molecule has 0 atom stereocenters. The van der Waals surface area contributed by atoms with Crippen molar-refractivity contribution in [2.45, 2.75) is 27.7 Å². The van der Waals surface area contributed by atoms with E-state index in [1.165, 1.54) is 65.3 Å². The van der Waals surface area contributed by atoms with Crippen LogP contribution in [0.3, 0.4) is 0 Å². The maximum absolute atomic E-state index is 12.5. The van der Waals surface area contributed by atoms with Gasteiger partial charge in [0, 0.05) is 94.3 Å². The van der Waals surface area contributed by atoms with E-state index in [2.05, 4.69) is 331 Å². The molecule has 0 aliphatic heterocycles. The standard InChI is InChI=1S/C88H60N6/c1-54-24-44-80-70(49-54)66-15-5-9-20-76(66)91(80)62-36-28-58(29-37-62)84-74(53-89)85(59-30-38-63(39-31-59)92-77-21-10-6-16-67(77)71-50-55(2)25-45-81(71)92)88(75-19-13-14-48-90-75)87(61-34-42-65(43-35-61)94-79-23-12-8-18-69(79)73-52-57(4)27-47-83(73)94)86(84)60-32-40-64(41-33-60)93-78-22-11-7-17-68(78)72-51-56(3)26-46-82(72)93/h5-52H,1-4H3. The van der Waals surface area contributed by atoms with Crippen LogP contribution in [0.2, 0.25) is 0 Å². The van der Waals surface area contributed by atoms with Crippen molar-refractivity contribution < 1.29 is 0 Å². The molecule has 0 saturated heterocycles. The molecule has 13 aromatic carbocycles. The van der Waals surface area contributed by atoms with Gasteiger partial charge < -0.3 is 18.3 Å². The second-order valence-corrected chi connectivity index (χ2v) is 25.3. The second kappa shape index (κ2) is 21.4. The number of hydrogen-bond donors (Lipinski definition) is 0. The van der Waals surface area contributed by atoms with Crippen molar-refractivity contribution in [3.05, 3.63) is 319 Å². The molecule has 5 heterocycles. The Bertz CT molecular complexity index is 6170. The molecule has 0 bridgehead atoms. The van der Waals surface area contributed by atoms with Crippen molar-refractivity contribution >= 4 is 87.2 Å². The fraction of sp³-hybridized carbons (Fsp3) is 0.0455. The van der Waals surface area contributed by atoms with Crippen molar-refractivity contribution in [2.75, 3.05) is 0 Å². The van der Waals surface area contributed by atoms with Crippen LogP contribution in [0.15, 0.2) is 291 Å². The molecule has 0 saturated carbocycles. The zero-order valence-corrected chi connectivity index (χ0v) is 52.4. The molecular weight excluding hydrogens is 1140 g/mol. The van der Waals surface area contributed by atoms with Crippen molar-refractivity contribution in [2.24, 2.45) is 0 Å². The number of benzene rings is 13. The number of aryl methyl sites for hydroxylation is 4. The third-order valence-corrected chi connectivity index (χ3v) is 19.5. The van der Waals surface area contributed by atoms with E-state index in [4.69, 9.17) is 4.98 Å². The van der Waals surface area contributed by atoms with E-state index in [-0.39, 0.29) is 0 Å². The summed E-state index contributed by atoms with van der Waals surface area (Å²) in [6.45, 7) is 8.64. The molecule has 0 unspecified atom stereocenters. The van der Waals surface area contributed by atoms with Crippen LogP contribution in [0.1, 0.15) is 27.8 Å². The fourth-order valence-corrected chi connectivity index (χ4v) is 15.4. The van der Waals surface area contributed by atoms with Gasteiger partial charge in [0.05, 0.1) is 55.4 Å². The van der Waals surface area contributed by atoms with Crippen molar-refractivity contribution in [3.8, 4) is 84.6 Å². The Hall–Kier alpha value is -12.3. The Morgan fingerprint density at radius 2 is 0.521 bits per heavy atom. The second-order valence-electron chi connectivity index (χ2n) is 25.3. The third kappa shape index (κ3) is 8.45. The van der Waals surface area contributed by atoms with E-state index in [9.17, 15) is 5.26 Å². The van der Waals surface area contributed by atoms with Crippen LogP contribution in [0.5, 0.6) is 0 Å². The maximum atomic E-state index is 12.5. The molecule has 6 heteroatoms. The summed E-state index contributed by atoms with van der Waals surface area (Å²) in [7, 11) is 0. The van der Waals surface area contributed by atoms with E-state index in [1.54, 1.807) is 0 Å². The first kappa shape index (κ1) is 54.6. The van der Waals surface area contributed by atoms with Gasteiger partial charge in [0.1, 0.15) is 6.07 Å². The summed E-state index contributed by atoms with van der Waals surface area (Å²) in [6.07, 6.45) is 1.87. The molecule has 0 fully saturated rings. The third-order valence-electron chi connectivity index (χ3n) is 19.5. The largest absolute Gasteiger partial charge is 0.309 e. The quantitative estimate of drug-likeness (QED) is 0.145. The molecule has 18 rings (SSSR count). The summed E-state index contributed by atoms with van der Waals surface area (Å²) in [5, 5.41) is 22.2. The fourth-order valence-electron chi connectivity index (χ4n) is 15.4. The SMILES string of the molecule is Cc1ccc2c(c1)c1ccccc1n2-c1ccc(-c2c(C#N)c(-c3ccc(-n4c5ccccc5c5cc(C)ccc54)cc3)c(-c3ccccn3)c(-c3ccc(-n4c5ccccc5c5cc(C)ccc54)cc3)c2-c2ccc(-n3c4ccccc4c4cc(C)ccc43)cc2)cc1. The van der Waals surface area contributed by atoms with Gasteiger partial charge in [0.15, 0.2) is 0 Å². The molecule has 18 aromatic rings. The maximum Gasteiger partial charge on any atom is 0.100 e. The van der Waals surface area contributed by atoms with Gasteiger partial charge in [-0.05, 0) is 189 Å². The van der Waals surface area contributed by atoms with Gasteiger partial charge in [-0.25, -0.2) is 0 Å². The summed E-state index contributed by atoms with van der Waals surface area (Å²) in [4.78, 5) is 5.28. The topological polar surface area (TPSA) is 56.4 Å². The molecule has 0 aliphatic rings. The Labute approximate surface area is 544 Å². The molecule has 94 heavy (non-hydrogen) atoms. The predicted molar refractivity (Wildman–Crippen MR) is 392 cm³/mol. The normalized spacial score (nSPS) is 11.8. The predicted octanol–water partition coefficient (Wildman–Crippen LogP) is 22.9. The lowest BCUT2D eigenvalue weighted by molar-refractivity contribution is 1.18. The molecule has 0 N–H and O–H groups in total. The van der Waals surface area contributed by atoms with E-state index in [1.807, 2.05) is 12.3 Å². The minimum Gasteiger partial charge on any atom is -0.309 e. The van der Waals surface area contributed by atoms with Crippen LogP contribution in [-0.4, -0.2) is 23.3 Å². The summed E-state index contributed by atoms with van der Waals surface area (Å²) < 4.78 is 9.50. The number of nitriles is 1. The van der Waals surface area contributed by atoms with Crippen molar-refractivity contribution in [3.63, 3.8) is 0 Å². The van der Waals surface area contributed by atoms with Gasteiger partial charge in [-0.3, -0.25) is 4.98 Å². The Morgan fingerprint density at radius 1 is 0.255 bits per heavy atom. The number of pyridine rings is 1. The average molecular weight is 1200 g/mol. The molecule has 0 aliphatic carbocycles. The zero-order valence-electron chi connectivity index (χ0n) is 52.4. The lowest BCUT2D eigenvalue weighted by Gasteiger charge is -2.26. The number of rotatable bonds is 9. The van der Waals surface area contributed by atoms with Crippen LogP contribution in [0, 0.1) is 39.0 Å². The van der Waals surface area contributed by atoms with E-state index in [0.29, 0.717) is 5.56 Å². The minimum atomic E-state index is 0.554. The van der Waals surface area contributed by atoms with E-state index < -0.39 is 0 Å². The summed E-state index contributed by atoms with van der Waals surface area (Å²) >= 11 is 0. The molecule has 6 nitrogen and oxygen atoms in total.